The normalized spacial score (nSPS) is 13.2. The summed E-state index contributed by atoms with van der Waals surface area (Å²) in [5, 5.41) is 20.4. The number of sulfonamides is 1. The van der Waals surface area contributed by atoms with Crippen molar-refractivity contribution in [3.8, 4) is 16.9 Å². The molecule has 0 aliphatic carbocycles. The number of rotatable bonds is 14. The van der Waals surface area contributed by atoms with Crippen LogP contribution in [0.25, 0.3) is 16.9 Å². The minimum Gasteiger partial charge on any atom is -0.569 e. The van der Waals surface area contributed by atoms with Gasteiger partial charge in [0, 0.05) is 5.56 Å². The fourth-order valence-corrected chi connectivity index (χ4v) is 5.92. The second kappa shape index (κ2) is 15.5. The monoisotopic (exact) mass is 743 g/mol. The van der Waals surface area contributed by atoms with E-state index in [1.165, 1.54) is 36.3 Å². The molecular formula is C33H32F3N7O8S. The summed E-state index contributed by atoms with van der Waals surface area (Å²) in [6, 6.07) is 18.7. The molecule has 19 heteroatoms. The molecule has 3 amide bonds. The van der Waals surface area contributed by atoms with Crippen LogP contribution in [0.4, 0.5) is 18.0 Å². The quantitative estimate of drug-likeness (QED) is 0.0575. The average Bonchev–Trinajstić information content (AvgIpc) is 3.66. The second-order valence-corrected chi connectivity index (χ2v) is 13.2. The van der Waals surface area contributed by atoms with Crippen LogP contribution in [-0.2, 0) is 25.8 Å². The van der Waals surface area contributed by atoms with E-state index in [2.05, 4.69) is 10.4 Å². The molecule has 5 rings (SSSR count). The molecular weight excluding hydrogens is 711 g/mol. The average molecular weight is 744 g/mol. The van der Waals surface area contributed by atoms with Crippen molar-refractivity contribution in [2.24, 2.45) is 5.28 Å². The molecule has 0 unspecified atom stereocenters. The Hall–Kier alpha value is -5.98. The Labute approximate surface area is 295 Å². The fraction of sp³-hybridized carbons (Fsp3) is 0.273. The molecule has 3 aromatic carbocycles. The number of nitrogens with one attached hydrogen (secondary N) is 1. The maximum Gasteiger partial charge on any atom is 0.435 e. The lowest BCUT2D eigenvalue weighted by molar-refractivity contribution is -0.705. The molecule has 0 spiro atoms. The van der Waals surface area contributed by atoms with Crippen LogP contribution in [0.5, 0.6) is 0 Å². The van der Waals surface area contributed by atoms with Crippen LogP contribution in [0, 0.1) is 12.1 Å². The van der Waals surface area contributed by atoms with Gasteiger partial charge in [-0.25, -0.2) is 27.5 Å². The molecule has 0 saturated heterocycles. The Kier molecular flexibility index (Phi) is 11.1. The van der Waals surface area contributed by atoms with Crippen molar-refractivity contribution in [1.29, 1.82) is 0 Å². The SMILES string of the molecule is Cc1ccc(-c2cc(C(F)(F)F)nn2-c2ccc(S(=O)(=O)NC(=O)OCCCCCN(C)/[N+]([O-])=N\OCN3C(=O)c4ccccc4C3=O)cc2)cc1. The lowest BCUT2D eigenvalue weighted by Crippen LogP contribution is -2.32. The number of benzene rings is 3. The molecule has 0 bridgehead atoms. The van der Waals surface area contributed by atoms with Gasteiger partial charge >= 0.3 is 12.3 Å². The first-order valence-corrected chi connectivity index (χ1v) is 17.1. The summed E-state index contributed by atoms with van der Waals surface area (Å²) in [7, 11) is -2.96. The Morgan fingerprint density at radius 2 is 1.62 bits per heavy atom. The second-order valence-electron chi connectivity index (χ2n) is 11.5. The number of carbonyl (C=O) groups is 3. The van der Waals surface area contributed by atoms with E-state index in [0.29, 0.717) is 24.8 Å². The minimum absolute atomic E-state index is 0.137. The van der Waals surface area contributed by atoms with E-state index >= 15 is 0 Å². The van der Waals surface area contributed by atoms with Gasteiger partial charge in [0.1, 0.15) is 0 Å². The Bertz CT molecular complexity index is 2050. The number of aryl methyl sites for hydroxylation is 1. The number of ether oxygens (including phenoxy) is 1. The maximum absolute atomic E-state index is 13.5. The van der Waals surface area contributed by atoms with Crippen molar-refractivity contribution in [3.05, 3.63) is 106 Å². The molecule has 52 heavy (non-hydrogen) atoms. The molecule has 0 saturated carbocycles. The highest BCUT2D eigenvalue weighted by Gasteiger charge is 2.36. The van der Waals surface area contributed by atoms with Gasteiger partial charge < -0.3 is 14.8 Å². The summed E-state index contributed by atoms with van der Waals surface area (Å²) < 4.78 is 73.9. The van der Waals surface area contributed by atoms with Gasteiger partial charge in [0.25, 0.3) is 21.8 Å². The zero-order valence-electron chi connectivity index (χ0n) is 27.7. The highest BCUT2D eigenvalue weighted by Crippen LogP contribution is 2.33. The third-order valence-electron chi connectivity index (χ3n) is 7.80. The van der Waals surface area contributed by atoms with Crippen LogP contribution in [-0.4, -0.2) is 77.9 Å². The molecule has 15 nitrogen and oxygen atoms in total. The zero-order valence-corrected chi connectivity index (χ0v) is 28.6. The van der Waals surface area contributed by atoms with Crippen molar-refractivity contribution in [2.75, 3.05) is 26.9 Å². The summed E-state index contributed by atoms with van der Waals surface area (Å²) >= 11 is 0. The van der Waals surface area contributed by atoms with E-state index in [9.17, 15) is 41.2 Å². The number of hydrogen-bond acceptors (Lipinski definition) is 10. The van der Waals surface area contributed by atoms with Crippen molar-refractivity contribution in [3.63, 3.8) is 0 Å². The predicted octanol–water partition coefficient (Wildman–Crippen LogP) is 5.45. The molecule has 0 fully saturated rings. The zero-order chi connectivity index (χ0) is 37.6. The third-order valence-corrected chi connectivity index (χ3v) is 9.13. The molecule has 274 valence electrons. The molecule has 1 aromatic heterocycles. The summed E-state index contributed by atoms with van der Waals surface area (Å²) in [6.07, 6.45) is -4.69. The van der Waals surface area contributed by atoms with E-state index in [1.807, 2.05) is 6.92 Å². The topological polar surface area (TPSA) is 179 Å². The largest absolute Gasteiger partial charge is 0.569 e. The summed E-state index contributed by atoms with van der Waals surface area (Å²) in [5.74, 6) is -1.12. The first-order chi connectivity index (χ1) is 24.7. The molecule has 4 aromatic rings. The minimum atomic E-state index is -4.71. The highest BCUT2D eigenvalue weighted by molar-refractivity contribution is 7.90. The number of fused-ring (bicyclic) bond motifs is 1. The first-order valence-electron chi connectivity index (χ1n) is 15.7. The highest BCUT2D eigenvalue weighted by atomic mass is 32.2. The number of aromatic nitrogens is 2. The Morgan fingerprint density at radius 1 is 0.981 bits per heavy atom. The molecule has 1 N–H and O–H groups in total. The lowest BCUT2D eigenvalue weighted by atomic mass is 10.1. The molecule has 0 radical (unpaired) electrons. The Balaban J connectivity index is 1.05. The van der Waals surface area contributed by atoms with E-state index < -0.39 is 46.5 Å². The van der Waals surface area contributed by atoms with Gasteiger partial charge in [-0.1, -0.05) is 42.0 Å². The number of alkyl halides is 3. The van der Waals surface area contributed by atoms with Crippen LogP contribution < -0.4 is 4.72 Å². The van der Waals surface area contributed by atoms with Gasteiger partial charge in [0.05, 0.1) is 52.6 Å². The molecule has 1 aliphatic rings. The van der Waals surface area contributed by atoms with Gasteiger partial charge in [-0.2, -0.15) is 18.3 Å². The number of carbonyl (C=O) groups excluding carboxylic acids is 3. The van der Waals surface area contributed by atoms with Crippen LogP contribution in [0.15, 0.2) is 89.0 Å². The fourth-order valence-electron chi connectivity index (χ4n) is 5.03. The van der Waals surface area contributed by atoms with E-state index in [0.717, 1.165) is 33.3 Å². The standard InChI is InChI=1S/C33H32F3N7O8S/c1-22-10-12-23(13-11-22)28-20-29(33(34,35)36)37-42(28)24-14-16-25(17-15-24)52(48,49)38-32(46)50-19-7-3-6-18-40(2)43(47)39-51-21-41-30(44)26-8-4-5-9-27(26)31(41)45/h4-5,8-17,20H,3,6-7,18-19,21H2,1-2H3,(H,38,46)/b43-39+. The number of nitrogens with zero attached hydrogens (tertiary/aromatic N) is 6. The summed E-state index contributed by atoms with van der Waals surface area (Å²) in [4.78, 5) is 42.4. The summed E-state index contributed by atoms with van der Waals surface area (Å²) in [6.45, 7) is 1.36. The van der Waals surface area contributed by atoms with Crippen molar-refractivity contribution in [1.82, 2.24) is 24.4 Å². The molecule has 2 heterocycles. The molecule has 1 aliphatic heterocycles. The van der Waals surface area contributed by atoms with Crippen LogP contribution in [0.3, 0.4) is 0 Å². The number of hydrazine groups is 1. The van der Waals surface area contributed by atoms with E-state index in [1.54, 1.807) is 41.1 Å². The van der Waals surface area contributed by atoms with Crippen LogP contribution >= 0.6 is 0 Å². The first kappa shape index (κ1) is 37.3. The van der Waals surface area contributed by atoms with Gasteiger partial charge in [0.2, 0.25) is 12.0 Å². The van der Waals surface area contributed by atoms with Crippen LogP contribution in [0.1, 0.15) is 51.2 Å². The number of amides is 3. The van der Waals surface area contributed by atoms with Gasteiger partial charge in [-0.15, -0.1) is 5.01 Å². The Morgan fingerprint density at radius 3 is 2.23 bits per heavy atom. The maximum atomic E-state index is 13.5. The van der Waals surface area contributed by atoms with Gasteiger partial charge in [-0.3, -0.25) is 9.59 Å². The smallest absolute Gasteiger partial charge is 0.435 e. The number of hydrogen-bond donors (Lipinski definition) is 1. The van der Waals surface area contributed by atoms with Crippen molar-refractivity contribution >= 4 is 27.9 Å². The van der Waals surface area contributed by atoms with E-state index in [4.69, 9.17) is 9.57 Å². The number of unbranched alkanes of at least 4 members (excludes halogenated alkanes) is 2. The van der Waals surface area contributed by atoms with Crippen LogP contribution in [0.2, 0.25) is 0 Å². The van der Waals surface area contributed by atoms with Gasteiger partial charge in [-0.05, 0) is 68.7 Å². The molecule has 0 atom stereocenters. The summed E-state index contributed by atoms with van der Waals surface area (Å²) in [5.41, 5.74) is 1.01. The number of imide groups is 1. The predicted molar refractivity (Wildman–Crippen MR) is 176 cm³/mol. The number of halogens is 3. The van der Waals surface area contributed by atoms with Gasteiger partial charge in [0.15, 0.2) is 5.69 Å². The van der Waals surface area contributed by atoms with Crippen molar-refractivity contribution < 1.29 is 50.5 Å². The van der Waals surface area contributed by atoms with Crippen molar-refractivity contribution in [2.45, 2.75) is 37.3 Å². The lowest BCUT2D eigenvalue weighted by Gasteiger charge is -2.14. The third kappa shape index (κ3) is 8.66. The van der Waals surface area contributed by atoms with E-state index in [-0.39, 0.29) is 45.5 Å².